The van der Waals surface area contributed by atoms with Crippen molar-refractivity contribution in [1.29, 1.82) is 0 Å². The van der Waals surface area contributed by atoms with Gasteiger partial charge in [-0.3, -0.25) is 9.78 Å². The van der Waals surface area contributed by atoms with E-state index < -0.39 is 10.0 Å². The quantitative estimate of drug-likeness (QED) is 0.725. The van der Waals surface area contributed by atoms with Crippen LogP contribution in [0.2, 0.25) is 0 Å². The number of nitrogens with one attached hydrogen (secondary N) is 1. The highest BCUT2D eigenvalue weighted by atomic mass is 35.5. The minimum absolute atomic E-state index is 0. The normalized spacial score (nSPS) is 23.9. The van der Waals surface area contributed by atoms with Crippen molar-refractivity contribution < 1.29 is 13.2 Å². The summed E-state index contributed by atoms with van der Waals surface area (Å²) in [7, 11) is -3.52. The van der Waals surface area contributed by atoms with E-state index in [9.17, 15) is 13.2 Å². The second-order valence-electron chi connectivity index (χ2n) is 6.91. The Morgan fingerprint density at radius 2 is 1.93 bits per heavy atom. The molecule has 1 aromatic rings. The monoisotopic (exact) mass is 438 g/mol. The summed E-state index contributed by atoms with van der Waals surface area (Å²) < 4.78 is 26.6. The van der Waals surface area contributed by atoms with Crippen LogP contribution in [0.25, 0.3) is 0 Å². The number of pyridine rings is 1. The molecule has 0 aromatic carbocycles. The molecule has 2 atom stereocenters. The standard InChI is InChI=1S/C17H26N4O3S.2ClH/c18-11-14-3-1-5-16(14)20-17(22)13-6-9-21(10-7-13)25(23,24)15-4-2-8-19-12-15;;/h2,4,8,12-14,16H,1,3,5-7,9-11,18H2,(H,20,22);2*1H. The van der Waals surface area contributed by atoms with Gasteiger partial charge in [0.1, 0.15) is 4.90 Å². The van der Waals surface area contributed by atoms with E-state index in [1.54, 1.807) is 18.3 Å². The van der Waals surface area contributed by atoms with Crippen LogP contribution in [-0.4, -0.2) is 49.3 Å². The van der Waals surface area contributed by atoms with Gasteiger partial charge in [0.05, 0.1) is 0 Å². The van der Waals surface area contributed by atoms with E-state index in [0.29, 0.717) is 38.4 Å². The summed E-state index contributed by atoms with van der Waals surface area (Å²) in [5, 5.41) is 3.14. The van der Waals surface area contributed by atoms with E-state index in [-0.39, 0.29) is 47.6 Å². The average molecular weight is 439 g/mol. The molecule has 3 N–H and O–H groups in total. The first-order chi connectivity index (χ1) is 12.0. The number of rotatable bonds is 5. The molecule has 1 aliphatic heterocycles. The number of carbonyl (C=O) groups excluding carboxylic acids is 1. The summed E-state index contributed by atoms with van der Waals surface area (Å²) in [6.07, 6.45) is 7.17. The molecule has 2 heterocycles. The predicted molar refractivity (Wildman–Crippen MR) is 109 cm³/mol. The molecule has 0 radical (unpaired) electrons. The summed E-state index contributed by atoms with van der Waals surface area (Å²) in [6, 6.07) is 3.34. The first-order valence-electron chi connectivity index (χ1n) is 8.93. The van der Waals surface area contributed by atoms with Gasteiger partial charge < -0.3 is 11.1 Å². The molecule has 0 bridgehead atoms. The van der Waals surface area contributed by atoms with Crippen molar-refractivity contribution in [3.8, 4) is 0 Å². The maximum atomic E-state index is 12.6. The SMILES string of the molecule is Cl.Cl.NCC1CCCC1NC(=O)C1CCN(S(=O)(=O)c2cccnc2)CC1. The molecule has 1 saturated heterocycles. The predicted octanol–water partition coefficient (Wildman–Crippen LogP) is 1.57. The molecule has 154 valence electrons. The Morgan fingerprint density at radius 3 is 2.52 bits per heavy atom. The minimum atomic E-state index is -3.52. The Kier molecular flexibility index (Phi) is 9.44. The van der Waals surface area contributed by atoms with Crippen molar-refractivity contribution >= 4 is 40.7 Å². The lowest BCUT2D eigenvalue weighted by Gasteiger charge is -2.31. The van der Waals surface area contributed by atoms with E-state index in [1.807, 2.05) is 0 Å². The number of hydrogen-bond acceptors (Lipinski definition) is 5. The lowest BCUT2D eigenvalue weighted by molar-refractivity contribution is -0.127. The maximum Gasteiger partial charge on any atom is 0.244 e. The molecule has 1 amide bonds. The molecule has 2 unspecified atom stereocenters. The van der Waals surface area contributed by atoms with Crippen LogP contribution in [0.3, 0.4) is 0 Å². The highest BCUT2D eigenvalue weighted by Crippen LogP contribution is 2.27. The van der Waals surface area contributed by atoms with Crippen LogP contribution in [0.1, 0.15) is 32.1 Å². The van der Waals surface area contributed by atoms with Crippen LogP contribution < -0.4 is 11.1 Å². The van der Waals surface area contributed by atoms with Gasteiger partial charge in [0.15, 0.2) is 0 Å². The molecule has 2 aliphatic rings. The van der Waals surface area contributed by atoms with Gasteiger partial charge in [-0.2, -0.15) is 4.31 Å². The molecular weight excluding hydrogens is 411 g/mol. The maximum absolute atomic E-state index is 12.6. The first kappa shape index (κ1) is 24.1. The number of halogens is 2. The summed E-state index contributed by atoms with van der Waals surface area (Å²) in [5.41, 5.74) is 5.77. The Morgan fingerprint density at radius 1 is 1.22 bits per heavy atom. The van der Waals surface area contributed by atoms with E-state index >= 15 is 0 Å². The topological polar surface area (TPSA) is 105 Å². The molecule has 27 heavy (non-hydrogen) atoms. The van der Waals surface area contributed by atoms with Gasteiger partial charge in [-0.1, -0.05) is 6.42 Å². The van der Waals surface area contributed by atoms with Crippen LogP contribution in [-0.2, 0) is 14.8 Å². The molecule has 1 aliphatic carbocycles. The number of aromatic nitrogens is 1. The third-order valence-corrected chi connectivity index (χ3v) is 7.27. The number of carbonyl (C=O) groups is 1. The zero-order valence-corrected chi connectivity index (χ0v) is 17.6. The van der Waals surface area contributed by atoms with Crippen LogP contribution in [0.4, 0.5) is 0 Å². The summed E-state index contributed by atoms with van der Waals surface area (Å²) in [6.45, 7) is 1.33. The Bertz CT molecular complexity index is 697. The molecule has 2 fully saturated rings. The van der Waals surface area contributed by atoms with Crippen molar-refractivity contribution in [1.82, 2.24) is 14.6 Å². The number of sulfonamides is 1. The largest absolute Gasteiger partial charge is 0.353 e. The van der Waals surface area contributed by atoms with Gasteiger partial charge in [-0.05, 0) is 50.3 Å². The second-order valence-corrected chi connectivity index (χ2v) is 8.85. The number of piperidine rings is 1. The third-order valence-electron chi connectivity index (χ3n) is 5.39. The lowest BCUT2D eigenvalue weighted by atomic mass is 9.95. The number of amides is 1. The van der Waals surface area contributed by atoms with Gasteiger partial charge in [-0.25, -0.2) is 8.42 Å². The molecule has 3 rings (SSSR count). The minimum Gasteiger partial charge on any atom is -0.353 e. The zero-order chi connectivity index (χ0) is 17.9. The van der Waals surface area contributed by atoms with Crippen LogP contribution >= 0.6 is 24.8 Å². The number of hydrogen-bond donors (Lipinski definition) is 2. The van der Waals surface area contributed by atoms with Crippen LogP contribution in [0.15, 0.2) is 29.4 Å². The molecule has 1 aromatic heterocycles. The van der Waals surface area contributed by atoms with Crippen molar-refractivity contribution in [3.05, 3.63) is 24.5 Å². The third kappa shape index (κ3) is 5.54. The van der Waals surface area contributed by atoms with Crippen LogP contribution in [0.5, 0.6) is 0 Å². The van der Waals surface area contributed by atoms with Gasteiger partial charge in [0.25, 0.3) is 0 Å². The fourth-order valence-electron chi connectivity index (χ4n) is 3.82. The van der Waals surface area contributed by atoms with Gasteiger partial charge >= 0.3 is 0 Å². The summed E-state index contributed by atoms with van der Waals surface area (Å²) >= 11 is 0. The number of nitrogens with zero attached hydrogens (tertiary/aromatic N) is 2. The smallest absolute Gasteiger partial charge is 0.244 e. The zero-order valence-electron chi connectivity index (χ0n) is 15.1. The highest BCUT2D eigenvalue weighted by Gasteiger charge is 2.34. The van der Waals surface area contributed by atoms with Gasteiger partial charge in [0.2, 0.25) is 15.9 Å². The molecule has 0 spiro atoms. The molecule has 10 heteroatoms. The summed E-state index contributed by atoms with van der Waals surface area (Å²) in [5.74, 6) is 0.290. The fraction of sp³-hybridized carbons (Fsp3) is 0.647. The van der Waals surface area contributed by atoms with Crippen molar-refractivity contribution in [2.45, 2.75) is 43.0 Å². The summed E-state index contributed by atoms with van der Waals surface area (Å²) in [4.78, 5) is 16.6. The first-order valence-corrected chi connectivity index (χ1v) is 10.4. The van der Waals surface area contributed by atoms with E-state index in [2.05, 4.69) is 10.3 Å². The van der Waals surface area contributed by atoms with E-state index in [0.717, 1.165) is 19.3 Å². The van der Waals surface area contributed by atoms with Crippen molar-refractivity contribution in [3.63, 3.8) is 0 Å². The van der Waals surface area contributed by atoms with Crippen molar-refractivity contribution in [2.75, 3.05) is 19.6 Å². The number of nitrogens with two attached hydrogens (primary N) is 1. The van der Waals surface area contributed by atoms with Gasteiger partial charge in [-0.15, -0.1) is 24.8 Å². The second kappa shape index (κ2) is 10.6. The molecular formula is C17H28Cl2N4O3S. The Labute approximate surface area is 173 Å². The van der Waals surface area contributed by atoms with Gasteiger partial charge in [0, 0.05) is 37.4 Å². The molecule has 7 nitrogen and oxygen atoms in total. The fourth-order valence-corrected chi connectivity index (χ4v) is 5.25. The van der Waals surface area contributed by atoms with E-state index in [1.165, 1.54) is 10.5 Å². The van der Waals surface area contributed by atoms with Crippen molar-refractivity contribution in [2.24, 2.45) is 17.6 Å². The Balaban J connectivity index is 0.00000182. The van der Waals surface area contributed by atoms with Crippen LogP contribution in [0, 0.1) is 11.8 Å². The Hall–Kier alpha value is -0.930. The highest BCUT2D eigenvalue weighted by molar-refractivity contribution is 7.89. The average Bonchev–Trinajstić information content (AvgIpc) is 3.09. The molecule has 1 saturated carbocycles. The lowest BCUT2D eigenvalue weighted by Crippen LogP contribution is -2.46. The van der Waals surface area contributed by atoms with E-state index in [4.69, 9.17) is 5.73 Å².